The van der Waals surface area contributed by atoms with Gasteiger partial charge in [-0.2, -0.15) is 0 Å². The lowest BCUT2D eigenvalue weighted by Crippen LogP contribution is -2.02. The predicted molar refractivity (Wildman–Crippen MR) is 74.9 cm³/mol. The molecule has 0 radical (unpaired) electrons. The van der Waals surface area contributed by atoms with Crippen LogP contribution in [0.25, 0.3) is 0 Å². The lowest BCUT2D eigenvalue weighted by Gasteiger charge is -2.05. The van der Waals surface area contributed by atoms with Crippen molar-refractivity contribution in [1.82, 2.24) is 9.55 Å². The van der Waals surface area contributed by atoms with E-state index in [9.17, 15) is 4.79 Å². The number of halogens is 1. The van der Waals surface area contributed by atoms with Gasteiger partial charge in [-0.1, -0.05) is 28.1 Å². The molecule has 2 aromatic rings. The van der Waals surface area contributed by atoms with Gasteiger partial charge < -0.3 is 4.57 Å². The molecule has 0 fully saturated rings. The molecule has 18 heavy (non-hydrogen) atoms. The average molecular weight is 307 g/mol. The first-order chi connectivity index (χ1) is 8.61. The molecule has 0 bridgehead atoms. The summed E-state index contributed by atoms with van der Waals surface area (Å²) in [5.41, 5.74) is 2.83. The first kappa shape index (κ1) is 13.0. The monoisotopic (exact) mass is 306 g/mol. The normalized spacial score (nSPS) is 10.6. The van der Waals surface area contributed by atoms with Crippen LogP contribution in [0.3, 0.4) is 0 Å². The van der Waals surface area contributed by atoms with E-state index in [-0.39, 0.29) is 0 Å². The topological polar surface area (TPSA) is 34.9 Å². The second kappa shape index (κ2) is 5.48. The Morgan fingerprint density at radius 1 is 1.28 bits per heavy atom. The van der Waals surface area contributed by atoms with Crippen LogP contribution in [-0.2, 0) is 19.9 Å². The second-order valence-electron chi connectivity index (χ2n) is 4.29. The first-order valence-corrected chi connectivity index (χ1v) is 6.63. The van der Waals surface area contributed by atoms with Crippen molar-refractivity contribution in [2.75, 3.05) is 0 Å². The van der Waals surface area contributed by atoms with Crippen LogP contribution >= 0.6 is 15.9 Å². The molecule has 3 nitrogen and oxygen atoms in total. The van der Waals surface area contributed by atoms with E-state index < -0.39 is 0 Å². The number of benzene rings is 1. The van der Waals surface area contributed by atoms with E-state index in [2.05, 4.69) is 33.0 Å². The van der Waals surface area contributed by atoms with Crippen molar-refractivity contribution in [1.29, 1.82) is 0 Å². The van der Waals surface area contributed by atoms with Crippen LogP contribution in [0, 0.1) is 6.92 Å². The van der Waals surface area contributed by atoms with Gasteiger partial charge in [0.2, 0.25) is 0 Å². The maximum Gasteiger partial charge on any atom is 0.170 e. The molecule has 0 N–H and O–H groups in total. The summed E-state index contributed by atoms with van der Waals surface area (Å²) in [6.45, 7) is 1.91. The molecule has 0 amide bonds. The van der Waals surface area contributed by atoms with E-state index in [1.807, 2.05) is 30.7 Å². The van der Waals surface area contributed by atoms with Gasteiger partial charge in [-0.3, -0.25) is 4.79 Å². The highest BCUT2D eigenvalue weighted by Crippen LogP contribution is 2.15. The van der Waals surface area contributed by atoms with Crippen molar-refractivity contribution < 1.29 is 4.79 Å². The lowest BCUT2D eigenvalue weighted by molar-refractivity contribution is 0.111. The van der Waals surface area contributed by atoms with Crippen LogP contribution in [0.5, 0.6) is 0 Å². The number of aromatic nitrogens is 2. The Kier molecular flexibility index (Phi) is 3.97. The highest BCUT2D eigenvalue weighted by Gasteiger charge is 2.11. The SMILES string of the molecule is Cc1nc(C=O)c(CCc2ccc(Br)cc2)n1C. The number of nitrogens with zero attached hydrogens (tertiary/aromatic N) is 2. The van der Waals surface area contributed by atoms with Gasteiger partial charge in [-0.15, -0.1) is 0 Å². The van der Waals surface area contributed by atoms with Crippen molar-refractivity contribution in [3.05, 3.63) is 51.5 Å². The molecule has 0 atom stereocenters. The van der Waals surface area contributed by atoms with Gasteiger partial charge in [-0.05, 0) is 37.5 Å². The van der Waals surface area contributed by atoms with Crippen molar-refractivity contribution in [2.45, 2.75) is 19.8 Å². The van der Waals surface area contributed by atoms with Gasteiger partial charge in [0.15, 0.2) is 6.29 Å². The molecule has 0 aliphatic rings. The Labute approximate surface area is 115 Å². The zero-order valence-electron chi connectivity index (χ0n) is 10.5. The van der Waals surface area contributed by atoms with Crippen LogP contribution in [0.1, 0.15) is 27.6 Å². The molecule has 94 valence electrons. The van der Waals surface area contributed by atoms with Gasteiger partial charge in [-0.25, -0.2) is 4.98 Å². The quantitative estimate of drug-likeness (QED) is 0.814. The number of hydrogen-bond donors (Lipinski definition) is 0. The van der Waals surface area contributed by atoms with E-state index >= 15 is 0 Å². The number of carbonyl (C=O) groups is 1. The summed E-state index contributed by atoms with van der Waals surface area (Å²) in [5, 5.41) is 0. The van der Waals surface area contributed by atoms with Gasteiger partial charge >= 0.3 is 0 Å². The molecule has 1 aromatic heterocycles. The molecule has 0 aliphatic heterocycles. The minimum Gasteiger partial charge on any atom is -0.335 e. The largest absolute Gasteiger partial charge is 0.335 e. The summed E-state index contributed by atoms with van der Waals surface area (Å²) < 4.78 is 3.07. The van der Waals surface area contributed by atoms with Crippen LogP contribution in [0.4, 0.5) is 0 Å². The molecule has 0 saturated carbocycles. The van der Waals surface area contributed by atoms with Crippen molar-refractivity contribution >= 4 is 22.2 Å². The molecule has 0 saturated heterocycles. The van der Waals surface area contributed by atoms with E-state index in [1.54, 1.807) is 0 Å². The molecule has 0 aliphatic carbocycles. The van der Waals surface area contributed by atoms with Gasteiger partial charge in [0.25, 0.3) is 0 Å². The molecule has 1 heterocycles. The third-order valence-electron chi connectivity index (χ3n) is 3.14. The maximum absolute atomic E-state index is 11.0. The number of rotatable bonds is 4. The Hall–Kier alpha value is -1.42. The van der Waals surface area contributed by atoms with E-state index in [1.165, 1.54) is 5.56 Å². The van der Waals surface area contributed by atoms with Crippen molar-refractivity contribution in [2.24, 2.45) is 7.05 Å². The number of carbonyl (C=O) groups excluding carboxylic acids is 1. The molecule has 1 aromatic carbocycles. The number of imidazole rings is 1. The summed E-state index contributed by atoms with van der Waals surface area (Å²) in [6.07, 6.45) is 2.57. The Morgan fingerprint density at radius 2 is 1.94 bits per heavy atom. The lowest BCUT2D eigenvalue weighted by atomic mass is 10.1. The van der Waals surface area contributed by atoms with Gasteiger partial charge in [0, 0.05) is 17.2 Å². The highest BCUT2D eigenvalue weighted by molar-refractivity contribution is 9.10. The van der Waals surface area contributed by atoms with Crippen LogP contribution in [-0.4, -0.2) is 15.8 Å². The fourth-order valence-corrected chi connectivity index (χ4v) is 2.25. The summed E-state index contributed by atoms with van der Waals surface area (Å²) in [4.78, 5) is 15.2. The number of hydrogen-bond acceptors (Lipinski definition) is 2. The third kappa shape index (κ3) is 2.70. The fourth-order valence-electron chi connectivity index (χ4n) is 1.98. The smallest absolute Gasteiger partial charge is 0.170 e. The second-order valence-corrected chi connectivity index (χ2v) is 5.21. The van der Waals surface area contributed by atoms with Crippen LogP contribution in [0.15, 0.2) is 28.7 Å². The zero-order chi connectivity index (χ0) is 13.1. The molecule has 0 unspecified atom stereocenters. The minimum atomic E-state index is 0.562. The predicted octanol–water partition coefficient (Wildman–Crippen LogP) is 3.09. The number of aldehydes is 1. The standard InChI is InChI=1S/C14H15BrN2O/c1-10-16-13(9-18)14(17(10)2)8-5-11-3-6-12(15)7-4-11/h3-4,6-7,9H,5,8H2,1-2H3. The summed E-state index contributed by atoms with van der Waals surface area (Å²) in [5.74, 6) is 0.878. The Morgan fingerprint density at radius 3 is 2.56 bits per heavy atom. The van der Waals surface area contributed by atoms with Crippen molar-refractivity contribution in [3.63, 3.8) is 0 Å². The summed E-state index contributed by atoms with van der Waals surface area (Å²) >= 11 is 3.42. The zero-order valence-corrected chi connectivity index (χ0v) is 12.1. The molecule has 2 rings (SSSR count). The summed E-state index contributed by atoms with van der Waals surface area (Å²) in [6, 6.07) is 8.25. The maximum atomic E-state index is 11.0. The fraction of sp³-hybridized carbons (Fsp3) is 0.286. The van der Waals surface area contributed by atoms with Crippen LogP contribution in [0.2, 0.25) is 0 Å². The number of aryl methyl sites for hydroxylation is 2. The molecule has 4 heteroatoms. The molecular formula is C14H15BrN2O. The van der Waals surface area contributed by atoms with Gasteiger partial charge in [0.05, 0.1) is 0 Å². The first-order valence-electron chi connectivity index (χ1n) is 5.83. The average Bonchev–Trinajstić information content (AvgIpc) is 2.65. The Balaban J connectivity index is 2.15. The Bertz CT molecular complexity index is 558. The van der Waals surface area contributed by atoms with E-state index in [0.29, 0.717) is 5.69 Å². The third-order valence-corrected chi connectivity index (χ3v) is 3.67. The van der Waals surface area contributed by atoms with Crippen molar-refractivity contribution in [3.8, 4) is 0 Å². The molecular weight excluding hydrogens is 292 g/mol. The summed E-state index contributed by atoms with van der Waals surface area (Å²) in [7, 11) is 1.95. The highest BCUT2D eigenvalue weighted by atomic mass is 79.9. The van der Waals surface area contributed by atoms with Gasteiger partial charge in [0.1, 0.15) is 11.5 Å². The van der Waals surface area contributed by atoms with E-state index in [0.717, 1.165) is 35.1 Å². The minimum absolute atomic E-state index is 0.562. The van der Waals surface area contributed by atoms with E-state index in [4.69, 9.17) is 0 Å². The molecule has 0 spiro atoms. The van der Waals surface area contributed by atoms with Crippen LogP contribution < -0.4 is 0 Å².